The van der Waals surface area contributed by atoms with E-state index in [2.05, 4.69) is 7.28 Å². The average molecular weight is 127 g/mol. The van der Waals surface area contributed by atoms with Crippen molar-refractivity contribution in [2.24, 2.45) is 5.92 Å². The molecule has 1 rings (SSSR count). The molecule has 0 saturated carbocycles. The van der Waals surface area contributed by atoms with Crippen molar-refractivity contribution >= 4 is 7.28 Å². The minimum absolute atomic E-state index is 0.148. The normalized spacial score (nSPS) is 34.4. The summed E-state index contributed by atoms with van der Waals surface area (Å²) in [6.07, 6.45) is 1.70. The van der Waals surface area contributed by atoms with Gasteiger partial charge in [-0.25, -0.2) is 0 Å². The summed E-state index contributed by atoms with van der Waals surface area (Å²) in [5.41, 5.74) is 0. The van der Waals surface area contributed by atoms with E-state index in [1.54, 1.807) is 7.11 Å². The zero-order valence-corrected chi connectivity index (χ0v) is 5.71. The van der Waals surface area contributed by atoms with E-state index in [0.717, 1.165) is 12.6 Å². The van der Waals surface area contributed by atoms with Gasteiger partial charge in [0.1, 0.15) is 7.28 Å². The van der Waals surface area contributed by atoms with Gasteiger partial charge in [0.2, 0.25) is 0 Å². The van der Waals surface area contributed by atoms with Gasteiger partial charge in [-0.3, -0.25) is 0 Å². The minimum Gasteiger partial charge on any atom is -0.394 e. The molecule has 0 unspecified atom stereocenters. The van der Waals surface area contributed by atoms with Crippen LogP contribution in [0, 0.1) is 5.92 Å². The summed E-state index contributed by atoms with van der Waals surface area (Å²) in [7, 11) is 3.79. The summed E-state index contributed by atoms with van der Waals surface area (Å²) >= 11 is 0. The van der Waals surface area contributed by atoms with Crippen molar-refractivity contribution in [1.82, 2.24) is 0 Å². The fraction of sp³-hybridized carbons (Fsp3) is 1.00. The lowest BCUT2D eigenvalue weighted by Gasteiger charge is -2.12. The van der Waals surface area contributed by atoms with E-state index < -0.39 is 0 Å². The Bertz CT molecular complexity index is 87.1. The highest BCUT2D eigenvalue weighted by atomic mass is 16.5. The van der Waals surface area contributed by atoms with Crippen molar-refractivity contribution < 1.29 is 9.84 Å². The molecule has 0 aromatic heterocycles. The molecule has 1 heterocycles. The van der Waals surface area contributed by atoms with Gasteiger partial charge < -0.3 is 9.84 Å². The number of hydrogen-bond acceptors (Lipinski definition) is 2. The van der Waals surface area contributed by atoms with E-state index in [1.165, 1.54) is 0 Å². The molecule has 1 aliphatic rings. The standard InChI is InChI=1S/C6H12BO2/c1-9-4-5-2-7-3-6(5)8/h5-6,8H,2-4H2,1H3/t5-,6+/m0/s1. The molecule has 2 atom stereocenters. The van der Waals surface area contributed by atoms with Gasteiger partial charge in [0.15, 0.2) is 0 Å². The lowest BCUT2D eigenvalue weighted by molar-refractivity contribution is 0.0769. The number of hydrogen-bond donors (Lipinski definition) is 1. The van der Waals surface area contributed by atoms with E-state index in [9.17, 15) is 5.11 Å². The molecule has 0 spiro atoms. The zero-order chi connectivity index (χ0) is 6.69. The molecule has 9 heavy (non-hydrogen) atoms. The molecule has 0 aromatic rings. The second-order valence-corrected chi connectivity index (χ2v) is 2.54. The van der Waals surface area contributed by atoms with Crippen LogP contribution in [0.3, 0.4) is 0 Å². The smallest absolute Gasteiger partial charge is 0.113 e. The maximum absolute atomic E-state index is 9.21. The molecule has 0 bridgehead atoms. The average Bonchev–Trinajstić information content (AvgIpc) is 2.18. The molecule has 0 amide bonds. The SMILES string of the molecule is COC[C@@H]1C[B]C[C@H]1O. The Labute approximate surface area is 56.5 Å². The van der Waals surface area contributed by atoms with Crippen molar-refractivity contribution in [1.29, 1.82) is 0 Å². The quantitative estimate of drug-likeness (QED) is 0.535. The van der Waals surface area contributed by atoms with Gasteiger partial charge in [0.25, 0.3) is 0 Å². The predicted octanol–water partition coefficient (Wildman–Crippen LogP) is 0.164. The monoisotopic (exact) mass is 127 g/mol. The van der Waals surface area contributed by atoms with Crippen LogP contribution in [0.2, 0.25) is 12.6 Å². The van der Waals surface area contributed by atoms with Crippen molar-refractivity contribution in [3.8, 4) is 0 Å². The Kier molecular flexibility index (Phi) is 2.55. The first-order valence-corrected chi connectivity index (χ1v) is 3.33. The van der Waals surface area contributed by atoms with E-state index in [-0.39, 0.29) is 6.10 Å². The van der Waals surface area contributed by atoms with Crippen LogP contribution in [0.15, 0.2) is 0 Å². The molecule has 1 aliphatic heterocycles. The van der Waals surface area contributed by atoms with Crippen LogP contribution in [-0.4, -0.2) is 32.2 Å². The molecule has 1 N–H and O–H groups in total. The Morgan fingerprint density at radius 3 is 2.89 bits per heavy atom. The maximum Gasteiger partial charge on any atom is 0.113 e. The lowest BCUT2D eigenvalue weighted by Crippen LogP contribution is -2.16. The largest absolute Gasteiger partial charge is 0.394 e. The second kappa shape index (κ2) is 3.23. The van der Waals surface area contributed by atoms with Crippen molar-refractivity contribution in [3.63, 3.8) is 0 Å². The van der Waals surface area contributed by atoms with E-state index >= 15 is 0 Å². The Hall–Kier alpha value is -0.0151. The van der Waals surface area contributed by atoms with Crippen molar-refractivity contribution in [2.45, 2.75) is 18.7 Å². The molecule has 3 heteroatoms. The fourth-order valence-electron chi connectivity index (χ4n) is 1.22. The highest BCUT2D eigenvalue weighted by molar-refractivity contribution is 6.37. The molecule has 0 aliphatic carbocycles. The van der Waals surface area contributed by atoms with Crippen LogP contribution in [0.1, 0.15) is 0 Å². The van der Waals surface area contributed by atoms with E-state index in [4.69, 9.17) is 4.74 Å². The van der Waals surface area contributed by atoms with Crippen molar-refractivity contribution in [2.75, 3.05) is 13.7 Å². The van der Waals surface area contributed by atoms with Crippen LogP contribution in [-0.2, 0) is 4.74 Å². The summed E-state index contributed by atoms with van der Waals surface area (Å²) < 4.78 is 4.92. The van der Waals surface area contributed by atoms with Crippen LogP contribution in [0.4, 0.5) is 0 Å². The summed E-state index contributed by atoms with van der Waals surface area (Å²) in [5.74, 6) is 0.356. The second-order valence-electron chi connectivity index (χ2n) is 2.54. The van der Waals surface area contributed by atoms with Gasteiger partial charge in [0, 0.05) is 13.0 Å². The van der Waals surface area contributed by atoms with Gasteiger partial charge in [0.05, 0.1) is 12.7 Å². The fourth-order valence-corrected chi connectivity index (χ4v) is 1.22. The van der Waals surface area contributed by atoms with Gasteiger partial charge in [-0.2, -0.15) is 0 Å². The van der Waals surface area contributed by atoms with Crippen molar-refractivity contribution in [3.05, 3.63) is 0 Å². The van der Waals surface area contributed by atoms with Crippen LogP contribution < -0.4 is 0 Å². The van der Waals surface area contributed by atoms with Crippen LogP contribution >= 0.6 is 0 Å². The molecule has 1 saturated heterocycles. The minimum atomic E-state index is -0.148. The molecule has 2 nitrogen and oxygen atoms in total. The third-order valence-corrected chi connectivity index (χ3v) is 1.80. The molecule has 0 aromatic carbocycles. The third kappa shape index (κ3) is 1.70. The number of ether oxygens (including phenoxy) is 1. The Morgan fingerprint density at radius 2 is 2.44 bits per heavy atom. The maximum atomic E-state index is 9.21. The van der Waals surface area contributed by atoms with Gasteiger partial charge in [-0.05, 0) is 0 Å². The summed E-state index contributed by atoms with van der Waals surface area (Å²) in [5, 5.41) is 9.21. The van der Waals surface area contributed by atoms with Gasteiger partial charge in [-0.1, -0.05) is 12.6 Å². The highest BCUT2D eigenvalue weighted by Crippen LogP contribution is 2.21. The molecular weight excluding hydrogens is 115 g/mol. The summed E-state index contributed by atoms with van der Waals surface area (Å²) in [4.78, 5) is 0. The summed E-state index contributed by atoms with van der Waals surface area (Å²) in [6, 6.07) is 0. The molecule has 51 valence electrons. The van der Waals surface area contributed by atoms with Crippen LogP contribution in [0.25, 0.3) is 0 Å². The first-order valence-electron chi connectivity index (χ1n) is 3.33. The molecular formula is C6H12BO2. The number of aliphatic hydroxyl groups is 1. The first kappa shape index (κ1) is 7.10. The zero-order valence-electron chi connectivity index (χ0n) is 5.71. The molecule has 1 fully saturated rings. The highest BCUT2D eigenvalue weighted by Gasteiger charge is 2.24. The Morgan fingerprint density at radius 1 is 1.67 bits per heavy atom. The topological polar surface area (TPSA) is 29.5 Å². The first-order chi connectivity index (χ1) is 4.34. The van der Waals surface area contributed by atoms with Gasteiger partial charge >= 0.3 is 0 Å². The van der Waals surface area contributed by atoms with E-state index in [0.29, 0.717) is 12.5 Å². The third-order valence-electron chi connectivity index (χ3n) is 1.80. The number of methoxy groups -OCH3 is 1. The van der Waals surface area contributed by atoms with E-state index in [1.807, 2.05) is 0 Å². The van der Waals surface area contributed by atoms with Gasteiger partial charge in [-0.15, -0.1) is 0 Å². The number of rotatable bonds is 2. The Balaban J connectivity index is 2.22. The molecule has 1 radical (unpaired) electrons. The van der Waals surface area contributed by atoms with Crippen LogP contribution in [0.5, 0.6) is 0 Å². The predicted molar refractivity (Wildman–Crippen MR) is 36.7 cm³/mol. The number of aliphatic hydroxyl groups excluding tert-OH is 1. The summed E-state index contributed by atoms with van der Waals surface area (Å²) in [6.45, 7) is 0.692. The lowest BCUT2D eigenvalue weighted by atomic mass is 9.76.